The van der Waals surface area contributed by atoms with Gasteiger partial charge in [-0.1, -0.05) is 151 Å². The molecule has 0 fully saturated rings. The van der Waals surface area contributed by atoms with Crippen molar-refractivity contribution in [1.29, 1.82) is 0 Å². The van der Waals surface area contributed by atoms with Crippen LogP contribution in [0.2, 0.25) is 0 Å². The van der Waals surface area contributed by atoms with Crippen LogP contribution in [-0.4, -0.2) is 14.9 Å². The highest BCUT2D eigenvalue weighted by atomic mass is 31.2. The number of benzene rings is 1. The molecular formula is C33H61O4P. The van der Waals surface area contributed by atoms with Crippen molar-refractivity contribution < 1.29 is 19.5 Å². The van der Waals surface area contributed by atoms with E-state index in [4.69, 9.17) is 0 Å². The molecule has 0 aliphatic heterocycles. The SMILES string of the molecule is CCCCCCCCCCCCCCCCCCc1c(CP(=O)(O)O)cc(C(C)(C)C)c(O)c1C(C)(C)C. The van der Waals surface area contributed by atoms with Crippen LogP contribution in [0.5, 0.6) is 5.75 Å². The van der Waals surface area contributed by atoms with E-state index in [0.717, 1.165) is 36.0 Å². The van der Waals surface area contributed by atoms with Gasteiger partial charge in [-0.05, 0) is 40.4 Å². The smallest absolute Gasteiger partial charge is 0.329 e. The van der Waals surface area contributed by atoms with Gasteiger partial charge in [-0.15, -0.1) is 0 Å². The Morgan fingerprint density at radius 1 is 0.658 bits per heavy atom. The van der Waals surface area contributed by atoms with Crippen LogP contribution in [0.15, 0.2) is 6.07 Å². The predicted molar refractivity (Wildman–Crippen MR) is 165 cm³/mol. The molecule has 0 spiro atoms. The van der Waals surface area contributed by atoms with Crippen molar-refractivity contribution in [3.05, 3.63) is 28.3 Å². The van der Waals surface area contributed by atoms with Crippen molar-refractivity contribution in [2.24, 2.45) is 0 Å². The minimum Gasteiger partial charge on any atom is -0.507 e. The number of aromatic hydroxyl groups is 1. The number of hydrogen-bond acceptors (Lipinski definition) is 2. The molecule has 0 bridgehead atoms. The highest BCUT2D eigenvalue weighted by molar-refractivity contribution is 7.50. The first-order valence-electron chi connectivity index (χ1n) is 15.6. The zero-order valence-electron chi connectivity index (χ0n) is 26.0. The molecule has 1 rings (SSSR count). The topological polar surface area (TPSA) is 77.8 Å². The van der Waals surface area contributed by atoms with E-state index < -0.39 is 7.60 Å². The van der Waals surface area contributed by atoms with Crippen LogP contribution in [0.1, 0.15) is 173 Å². The average Bonchev–Trinajstić information content (AvgIpc) is 2.77. The molecule has 0 heterocycles. The number of phenolic OH excluding ortho intramolecular Hbond substituents is 1. The number of phenols is 1. The molecule has 0 unspecified atom stereocenters. The molecule has 0 atom stereocenters. The minimum atomic E-state index is -4.23. The quantitative estimate of drug-likeness (QED) is 0.118. The van der Waals surface area contributed by atoms with Crippen molar-refractivity contribution in [3.63, 3.8) is 0 Å². The van der Waals surface area contributed by atoms with E-state index in [-0.39, 0.29) is 17.0 Å². The van der Waals surface area contributed by atoms with Gasteiger partial charge in [0.2, 0.25) is 0 Å². The van der Waals surface area contributed by atoms with E-state index >= 15 is 0 Å². The second kappa shape index (κ2) is 17.1. The Kier molecular flexibility index (Phi) is 15.8. The van der Waals surface area contributed by atoms with Crippen LogP contribution >= 0.6 is 7.60 Å². The largest absolute Gasteiger partial charge is 0.507 e. The first-order valence-corrected chi connectivity index (χ1v) is 17.4. The summed E-state index contributed by atoms with van der Waals surface area (Å²) in [6.45, 7) is 14.6. The molecule has 38 heavy (non-hydrogen) atoms. The fraction of sp³-hybridized carbons (Fsp3) is 0.818. The zero-order chi connectivity index (χ0) is 28.8. The summed E-state index contributed by atoms with van der Waals surface area (Å²) in [5.74, 6) is 0.297. The fourth-order valence-electron chi connectivity index (χ4n) is 5.65. The van der Waals surface area contributed by atoms with E-state index in [0.29, 0.717) is 11.3 Å². The summed E-state index contributed by atoms with van der Waals surface area (Å²) in [7, 11) is -4.23. The summed E-state index contributed by atoms with van der Waals surface area (Å²) in [6.07, 6.45) is 21.5. The maximum atomic E-state index is 12.0. The summed E-state index contributed by atoms with van der Waals surface area (Å²) in [6, 6.07) is 1.85. The van der Waals surface area contributed by atoms with Crippen molar-refractivity contribution in [1.82, 2.24) is 0 Å². The number of hydrogen-bond donors (Lipinski definition) is 3. The lowest BCUT2D eigenvalue weighted by molar-refractivity contribution is 0.370. The van der Waals surface area contributed by atoms with E-state index in [1.54, 1.807) is 0 Å². The van der Waals surface area contributed by atoms with Crippen molar-refractivity contribution in [2.75, 3.05) is 0 Å². The molecule has 0 saturated heterocycles. The maximum Gasteiger partial charge on any atom is 0.329 e. The fourth-order valence-corrected chi connectivity index (χ4v) is 6.37. The lowest BCUT2D eigenvalue weighted by Crippen LogP contribution is -2.21. The molecule has 0 aromatic heterocycles. The molecule has 222 valence electrons. The Morgan fingerprint density at radius 3 is 1.39 bits per heavy atom. The summed E-state index contributed by atoms with van der Waals surface area (Å²) in [5.41, 5.74) is 2.62. The lowest BCUT2D eigenvalue weighted by atomic mass is 9.75. The third-order valence-electron chi connectivity index (χ3n) is 7.71. The van der Waals surface area contributed by atoms with Gasteiger partial charge in [0, 0.05) is 5.56 Å². The Hall–Kier alpha value is -0.830. The summed E-state index contributed by atoms with van der Waals surface area (Å²) in [5, 5.41) is 11.3. The molecule has 0 amide bonds. The molecule has 0 radical (unpaired) electrons. The molecular weight excluding hydrogens is 491 g/mol. The Labute approximate surface area is 235 Å². The van der Waals surface area contributed by atoms with Gasteiger partial charge in [0.15, 0.2) is 0 Å². The molecule has 1 aromatic rings. The lowest BCUT2D eigenvalue weighted by Gasteiger charge is -2.31. The Bertz CT molecular complexity index is 842. The van der Waals surface area contributed by atoms with Crippen LogP contribution in [0.3, 0.4) is 0 Å². The summed E-state index contributed by atoms with van der Waals surface area (Å²) >= 11 is 0. The zero-order valence-corrected chi connectivity index (χ0v) is 26.9. The molecule has 5 heteroatoms. The maximum absolute atomic E-state index is 12.0. The summed E-state index contributed by atoms with van der Waals surface area (Å²) < 4.78 is 12.0. The van der Waals surface area contributed by atoms with Gasteiger partial charge in [0.05, 0.1) is 6.16 Å². The van der Waals surface area contributed by atoms with Crippen LogP contribution in [0, 0.1) is 0 Å². The third-order valence-corrected chi connectivity index (χ3v) is 8.47. The van der Waals surface area contributed by atoms with Crippen LogP contribution in [0.25, 0.3) is 0 Å². The van der Waals surface area contributed by atoms with Crippen LogP contribution < -0.4 is 0 Å². The van der Waals surface area contributed by atoms with Crippen molar-refractivity contribution >= 4 is 7.60 Å². The minimum absolute atomic E-state index is 0.270. The highest BCUT2D eigenvalue weighted by Crippen LogP contribution is 2.47. The van der Waals surface area contributed by atoms with Gasteiger partial charge in [-0.2, -0.15) is 0 Å². The van der Waals surface area contributed by atoms with Crippen molar-refractivity contribution in [3.8, 4) is 5.75 Å². The second-order valence-electron chi connectivity index (χ2n) is 13.7. The van der Waals surface area contributed by atoms with Crippen LogP contribution in [0.4, 0.5) is 0 Å². The van der Waals surface area contributed by atoms with Crippen molar-refractivity contribution in [2.45, 2.75) is 175 Å². The van der Waals surface area contributed by atoms with Gasteiger partial charge in [0.1, 0.15) is 5.75 Å². The molecule has 3 N–H and O–H groups in total. The first-order chi connectivity index (χ1) is 17.7. The van der Waals surface area contributed by atoms with E-state index in [1.807, 2.05) is 26.8 Å². The Morgan fingerprint density at radius 2 is 1.05 bits per heavy atom. The third kappa shape index (κ3) is 14.0. The van der Waals surface area contributed by atoms with Gasteiger partial charge in [-0.3, -0.25) is 4.57 Å². The molecule has 1 aromatic carbocycles. The normalized spacial score (nSPS) is 12.9. The van der Waals surface area contributed by atoms with Gasteiger partial charge >= 0.3 is 7.60 Å². The molecule has 0 aliphatic rings. The van der Waals surface area contributed by atoms with Gasteiger partial charge in [0.25, 0.3) is 0 Å². The summed E-state index contributed by atoms with van der Waals surface area (Å²) in [4.78, 5) is 19.6. The molecule has 0 saturated carbocycles. The second-order valence-corrected chi connectivity index (χ2v) is 15.3. The Balaban J connectivity index is 2.55. The standard InChI is InChI=1S/C33H61O4P/c1-8-9-10-11-12-13-14-15-16-17-18-19-20-21-22-23-24-28-27(26-38(35,36)37)25-29(32(2,3)4)31(34)30(28)33(5,6)7/h25,34H,8-24,26H2,1-7H3,(H2,35,36,37). The van der Waals surface area contributed by atoms with Gasteiger partial charge in [-0.25, -0.2) is 0 Å². The molecule has 0 aliphatic carbocycles. The number of rotatable bonds is 19. The van der Waals surface area contributed by atoms with Gasteiger partial charge < -0.3 is 14.9 Å². The first kappa shape index (κ1) is 35.2. The number of unbranched alkanes of at least 4 members (excludes halogenated alkanes) is 15. The van der Waals surface area contributed by atoms with E-state index in [2.05, 4.69) is 27.7 Å². The van der Waals surface area contributed by atoms with Crippen LogP contribution in [-0.2, 0) is 28.0 Å². The van der Waals surface area contributed by atoms with E-state index in [9.17, 15) is 19.5 Å². The molecule has 4 nitrogen and oxygen atoms in total. The van der Waals surface area contributed by atoms with E-state index in [1.165, 1.54) is 89.9 Å². The highest BCUT2D eigenvalue weighted by Gasteiger charge is 2.31. The average molecular weight is 553 g/mol. The monoisotopic (exact) mass is 552 g/mol. The predicted octanol–water partition coefficient (Wildman–Crippen LogP) is 10.5.